The Hall–Kier alpha value is -2.95. The molecule has 1 N–H and O–H groups in total. The summed E-state index contributed by atoms with van der Waals surface area (Å²) in [6.45, 7) is 2.98. The molecule has 2 aromatic carbocycles. The SMILES string of the molecule is CC(=O)c1cccc(NC(=O)[C@H](C)OC(=O)c2ccc3c(c2)CCC3)c1. The Kier molecular flexibility index (Phi) is 5.16. The lowest BCUT2D eigenvalue weighted by Gasteiger charge is -2.14. The fraction of sp³-hybridized carbons (Fsp3) is 0.286. The number of ether oxygens (including phenoxy) is 1. The van der Waals surface area contributed by atoms with Crippen molar-refractivity contribution >= 4 is 23.3 Å². The van der Waals surface area contributed by atoms with Gasteiger partial charge in [0.25, 0.3) is 5.91 Å². The molecule has 0 unspecified atom stereocenters. The molecule has 1 amide bonds. The minimum Gasteiger partial charge on any atom is -0.449 e. The summed E-state index contributed by atoms with van der Waals surface area (Å²) in [4.78, 5) is 36.0. The highest BCUT2D eigenvalue weighted by Gasteiger charge is 2.21. The molecular formula is C21H21NO4. The third-order valence-corrected chi connectivity index (χ3v) is 4.52. The van der Waals surface area contributed by atoms with E-state index in [-0.39, 0.29) is 5.78 Å². The summed E-state index contributed by atoms with van der Waals surface area (Å²) in [6, 6.07) is 12.2. The number of fused-ring (bicyclic) bond motifs is 1. The largest absolute Gasteiger partial charge is 0.449 e. The van der Waals surface area contributed by atoms with E-state index in [1.54, 1.807) is 30.3 Å². The number of anilines is 1. The second-order valence-corrected chi connectivity index (χ2v) is 6.51. The number of carbonyl (C=O) groups is 3. The van der Waals surface area contributed by atoms with Crippen LogP contribution in [0, 0.1) is 0 Å². The van der Waals surface area contributed by atoms with Gasteiger partial charge in [-0.2, -0.15) is 0 Å². The lowest BCUT2D eigenvalue weighted by molar-refractivity contribution is -0.123. The number of benzene rings is 2. The maximum Gasteiger partial charge on any atom is 0.338 e. The maximum absolute atomic E-state index is 12.3. The number of nitrogens with one attached hydrogen (secondary N) is 1. The van der Waals surface area contributed by atoms with Gasteiger partial charge in [0.1, 0.15) is 0 Å². The Bertz CT molecular complexity index is 872. The summed E-state index contributed by atoms with van der Waals surface area (Å²) >= 11 is 0. The third-order valence-electron chi connectivity index (χ3n) is 4.52. The number of amides is 1. The molecule has 0 bridgehead atoms. The molecule has 5 nitrogen and oxygen atoms in total. The number of rotatable bonds is 5. The van der Waals surface area contributed by atoms with Crippen molar-refractivity contribution in [2.45, 2.75) is 39.2 Å². The van der Waals surface area contributed by atoms with E-state index in [0.717, 1.165) is 19.3 Å². The fourth-order valence-electron chi connectivity index (χ4n) is 3.04. The first-order chi connectivity index (χ1) is 12.4. The molecule has 0 aromatic heterocycles. The second kappa shape index (κ2) is 7.52. The summed E-state index contributed by atoms with van der Waals surface area (Å²) in [7, 11) is 0. The molecule has 3 rings (SSSR count). The van der Waals surface area contributed by atoms with E-state index in [2.05, 4.69) is 5.32 Å². The highest BCUT2D eigenvalue weighted by molar-refractivity contribution is 5.99. The van der Waals surface area contributed by atoms with Crippen molar-refractivity contribution in [1.82, 2.24) is 0 Å². The van der Waals surface area contributed by atoms with Gasteiger partial charge in [0.05, 0.1) is 5.56 Å². The van der Waals surface area contributed by atoms with Crippen LogP contribution in [-0.4, -0.2) is 23.8 Å². The molecule has 0 radical (unpaired) electrons. The average molecular weight is 351 g/mol. The van der Waals surface area contributed by atoms with Gasteiger partial charge < -0.3 is 10.1 Å². The van der Waals surface area contributed by atoms with Crippen LogP contribution in [-0.2, 0) is 22.4 Å². The van der Waals surface area contributed by atoms with E-state index < -0.39 is 18.0 Å². The van der Waals surface area contributed by atoms with E-state index in [9.17, 15) is 14.4 Å². The number of carbonyl (C=O) groups excluding carboxylic acids is 3. The van der Waals surface area contributed by atoms with Crippen LogP contribution in [0.25, 0.3) is 0 Å². The van der Waals surface area contributed by atoms with Gasteiger partial charge in [-0.1, -0.05) is 18.2 Å². The van der Waals surface area contributed by atoms with Crippen molar-refractivity contribution in [1.29, 1.82) is 0 Å². The predicted octanol–water partition coefficient (Wildman–Crippen LogP) is 3.56. The fourth-order valence-corrected chi connectivity index (χ4v) is 3.04. The Morgan fingerprint density at radius 2 is 1.77 bits per heavy atom. The maximum atomic E-state index is 12.3. The molecule has 0 spiro atoms. The molecule has 5 heteroatoms. The molecule has 2 aromatic rings. The normalized spacial score (nSPS) is 13.6. The topological polar surface area (TPSA) is 72.5 Å². The van der Waals surface area contributed by atoms with Gasteiger partial charge in [-0.15, -0.1) is 0 Å². The van der Waals surface area contributed by atoms with Crippen LogP contribution in [0.3, 0.4) is 0 Å². The summed E-state index contributed by atoms with van der Waals surface area (Å²) in [5, 5.41) is 2.67. The van der Waals surface area contributed by atoms with E-state index in [0.29, 0.717) is 16.8 Å². The predicted molar refractivity (Wildman–Crippen MR) is 98.4 cm³/mol. The van der Waals surface area contributed by atoms with E-state index in [1.165, 1.54) is 25.0 Å². The number of aryl methyl sites for hydroxylation is 2. The van der Waals surface area contributed by atoms with Crippen LogP contribution in [0.15, 0.2) is 42.5 Å². The Balaban J connectivity index is 1.63. The first-order valence-corrected chi connectivity index (χ1v) is 8.68. The third kappa shape index (κ3) is 3.99. The molecule has 0 saturated carbocycles. The zero-order valence-electron chi connectivity index (χ0n) is 14.9. The monoisotopic (exact) mass is 351 g/mol. The summed E-state index contributed by atoms with van der Waals surface area (Å²) in [5.41, 5.74) is 3.91. The van der Waals surface area contributed by atoms with Crippen LogP contribution in [0.4, 0.5) is 5.69 Å². The number of hydrogen-bond donors (Lipinski definition) is 1. The molecule has 0 heterocycles. The molecule has 0 saturated heterocycles. The molecule has 134 valence electrons. The molecular weight excluding hydrogens is 330 g/mol. The minimum absolute atomic E-state index is 0.0859. The highest BCUT2D eigenvalue weighted by atomic mass is 16.5. The highest BCUT2D eigenvalue weighted by Crippen LogP contribution is 2.23. The standard InChI is InChI=1S/C21H21NO4/c1-13(23)16-6-4-8-19(12-16)22-20(24)14(2)26-21(25)18-10-9-15-5-3-7-17(15)11-18/h4,6,8-12,14H,3,5,7H2,1-2H3,(H,22,24)/t14-/m0/s1. The number of hydrogen-bond acceptors (Lipinski definition) is 4. The van der Waals surface area contributed by atoms with Crippen molar-refractivity contribution in [3.05, 3.63) is 64.7 Å². The van der Waals surface area contributed by atoms with E-state index in [1.807, 2.05) is 12.1 Å². The average Bonchev–Trinajstić information content (AvgIpc) is 3.09. The van der Waals surface area contributed by atoms with Crippen LogP contribution in [0.2, 0.25) is 0 Å². The molecule has 26 heavy (non-hydrogen) atoms. The van der Waals surface area contributed by atoms with Crippen LogP contribution in [0.5, 0.6) is 0 Å². The molecule has 1 aliphatic rings. The van der Waals surface area contributed by atoms with Gasteiger partial charge in [0.2, 0.25) is 0 Å². The number of Topliss-reactive ketones (excluding diaryl/α,β-unsaturated/α-hetero) is 1. The molecule has 0 aliphatic heterocycles. The van der Waals surface area contributed by atoms with E-state index >= 15 is 0 Å². The Labute approximate surface area is 152 Å². The lowest BCUT2D eigenvalue weighted by Crippen LogP contribution is -2.30. The Morgan fingerprint density at radius 1 is 1.00 bits per heavy atom. The zero-order valence-corrected chi connectivity index (χ0v) is 14.9. The lowest BCUT2D eigenvalue weighted by atomic mass is 10.1. The van der Waals surface area contributed by atoms with Crippen molar-refractivity contribution in [3.63, 3.8) is 0 Å². The summed E-state index contributed by atoms with van der Waals surface area (Å²) in [6.07, 6.45) is 2.17. The molecule has 1 atom stereocenters. The van der Waals surface area contributed by atoms with E-state index in [4.69, 9.17) is 4.74 Å². The first kappa shape index (κ1) is 17.9. The van der Waals surface area contributed by atoms with Crippen molar-refractivity contribution < 1.29 is 19.1 Å². The van der Waals surface area contributed by atoms with Crippen molar-refractivity contribution in [2.75, 3.05) is 5.32 Å². The Morgan fingerprint density at radius 3 is 2.54 bits per heavy atom. The van der Waals surface area contributed by atoms with Crippen LogP contribution >= 0.6 is 0 Å². The summed E-state index contributed by atoms with van der Waals surface area (Å²) < 4.78 is 5.29. The van der Waals surface area contributed by atoms with Gasteiger partial charge in [-0.3, -0.25) is 9.59 Å². The minimum atomic E-state index is -0.947. The quantitative estimate of drug-likeness (QED) is 0.660. The first-order valence-electron chi connectivity index (χ1n) is 8.68. The molecule has 1 aliphatic carbocycles. The van der Waals surface area contributed by atoms with Crippen molar-refractivity contribution in [3.8, 4) is 0 Å². The molecule has 0 fully saturated rings. The number of ketones is 1. The van der Waals surface area contributed by atoms with Crippen LogP contribution in [0.1, 0.15) is 52.1 Å². The van der Waals surface area contributed by atoms with Crippen molar-refractivity contribution in [2.24, 2.45) is 0 Å². The smallest absolute Gasteiger partial charge is 0.338 e. The van der Waals surface area contributed by atoms with Gasteiger partial charge in [0, 0.05) is 11.3 Å². The second-order valence-electron chi connectivity index (χ2n) is 6.51. The van der Waals surface area contributed by atoms with Gasteiger partial charge >= 0.3 is 5.97 Å². The van der Waals surface area contributed by atoms with Gasteiger partial charge in [0.15, 0.2) is 11.9 Å². The zero-order chi connectivity index (χ0) is 18.7. The number of esters is 1. The van der Waals surface area contributed by atoms with Gasteiger partial charge in [-0.25, -0.2) is 4.79 Å². The van der Waals surface area contributed by atoms with Gasteiger partial charge in [-0.05, 0) is 68.5 Å². The summed E-state index contributed by atoms with van der Waals surface area (Å²) in [5.74, 6) is -1.04. The van der Waals surface area contributed by atoms with Crippen LogP contribution < -0.4 is 5.32 Å².